The predicted octanol–water partition coefficient (Wildman–Crippen LogP) is 1.62. The smallest absolute Gasteiger partial charge is 0.265 e. The molecule has 1 fully saturated rings. The molecule has 0 spiro atoms. The van der Waals surface area contributed by atoms with Crippen molar-refractivity contribution in [1.82, 2.24) is 24.3 Å². The van der Waals surface area contributed by atoms with Crippen molar-refractivity contribution in [1.29, 1.82) is 0 Å². The number of hydrogen-bond acceptors (Lipinski definition) is 5. The van der Waals surface area contributed by atoms with E-state index >= 15 is 0 Å². The number of nitrogens with zero attached hydrogens (tertiary/aromatic N) is 5. The fraction of sp³-hybridized carbons (Fsp3) is 0.533. The van der Waals surface area contributed by atoms with Crippen LogP contribution in [0.15, 0.2) is 12.4 Å². The number of imidazole rings is 1. The number of aryl methyl sites for hydroxylation is 3. The second-order valence-electron chi connectivity index (χ2n) is 5.79. The van der Waals surface area contributed by atoms with Crippen LogP contribution in [0.5, 0.6) is 0 Å². The van der Waals surface area contributed by atoms with E-state index in [-0.39, 0.29) is 11.9 Å². The van der Waals surface area contributed by atoms with Gasteiger partial charge in [-0.25, -0.2) is 9.97 Å². The summed E-state index contributed by atoms with van der Waals surface area (Å²) in [6.45, 7) is 6.10. The number of hydrogen-bond donors (Lipinski definition) is 0. The molecule has 22 heavy (non-hydrogen) atoms. The third kappa shape index (κ3) is 2.66. The van der Waals surface area contributed by atoms with Crippen LogP contribution in [-0.2, 0) is 7.05 Å². The summed E-state index contributed by atoms with van der Waals surface area (Å²) < 4.78 is 2.03. The lowest BCUT2D eigenvalue weighted by Crippen LogP contribution is -2.49. The molecule has 2 aromatic rings. The summed E-state index contributed by atoms with van der Waals surface area (Å²) in [6.07, 6.45) is 3.75. The van der Waals surface area contributed by atoms with Crippen LogP contribution in [0.25, 0.3) is 0 Å². The van der Waals surface area contributed by atoms with Crippen molar-refractivity contribution in [2.45, 2.75) is 19.9 Å². The van der Waals surface area contributed by atoms with Crippen molar-refractivity contribution < 1.29 is 4.79 Å². The molecule has 7 heteroatoms. The first-order valence-corrected chi connectivity index (χ1v) is 8.19. The SMILES string of the molecule is Cc1nc(C)c(C(=O)N2CCN(C)[C@H](c3nccn3C)C2)s1. The minimum atomic E-state index is 0.0930. The van der Waals surface area contributed by atoms with Gasteiger partial charge < -0.3 is 9.47 Å². The first-order valence-electron chi connectivity index (χ1n) is 7.38. The van der Waals surface area contributed by atoms with E-state index < -0.39 is 0 Å². The Morgan fingerprint density at radius 2 is 2.09 bits per heavy atom. The molecule has 1 aliphatic heterocycles. The van der Waals surface area contributed by atoms with E-state index in [1.54, 1.807) is 6.20 Å². The van der Waals surface area contributed by atoms with Gasteiger partial charge in [-0.2, -0.15) is 0 Å². The Morgan fingerprint density at radius 1 is 1.32 bits per heavy atom. The van der Waals surface area contributed by atoms with Crippen molar-refractivity contribution in [3.8, 4) is 0 Å². The van der Waals surface area contributed by atoms with Crippen LogP contribution < -0.4 is 0 Å². The second-order valence-corrected chi connectivity index (χ2v) is 6.99. The quantitative estimate of drug-likeness (QED) is 0.844. The summed E-state index contributed by atoms with van der Waals surface area (Å²) in [5, 5.41) is 0.940. The lowest BCUT2D eigenvalue weighted by atomic mass is 10.1. The lowest BCUT2D eigenvalue weighted by Gasteiger charge is -2.38. The fourth-order valence-corrected chi connectivity index (χ4v) is 3.80. The molecule has 3 heterocycles. The van der Waals surface area contributed by atoms with Gasteiger partial charge >= 0.3 is 0 Å². The summed E-state index contributed by atoms with van der Waals surface area (Å²) in [7, 11) is 4.08. The molecule has 3 rings (SSSR count). The number of carbonyl (C=O) groups is 1. The van der Waals surface area contributed by atoms with Crippen LogP contribution in [0.3, 0.4) is 0 Å². The van der Waals surface area contributed by atoms with Gasteiger partial charge in [-0.1, -0.05) is 0 Å². The maximum absolute atomic E-state index is 12.8. The van der Waals surface area contributed by atoms with E-state index in [0.717, 1.165) is 34.5 Å². The van der Waals surface area contributed by atoms with Crippen molar-refractivity contribution in [3.05, 3.63) is 33.8 Å². The third-order valence-corrected chi connectivity index (χ3v) is 5.25. The van der Waals surface area contributed by atoms with Crippen LogP contribution in [0.1, 0.15) is 32.2 Å². The van der Waals surface area contributed by atoms with Gasteiger partial charge in [0.1, 0.15) is 10.7 Å². The van der Waals surface area contributed by atoms with Gasteiger partial charge in [0.15, 0.2) is 0 Å². The van der Waals surface area contributed by atoms with E-state index in [1.165, 1.54) is 11.3 Å². The molecular formula is C15H21N5OS. The highest BCUT2D eigenvalue weighted by Gasteiger charge is 2.32. The molecule has 1 atom stereocenters. The van der Waals surface area contributed by atoms with Gasteiger partial charge in [-0.05, 0) is 20.9 Å². The second kappa shape index (κ2) is 5.81. The average molecular weight is 319 g/mol. The maximum atomic E-state index is 12.8. The number of piperazine rings is 1. The molecule has 0 bridgehead atoms. The van der Waals surface area contributed by atoms with E-state index in [1.807, 2.05) is 36.6 Å². The molecule has 0 N–H and O–H groups in total. The molecule has 1 aliphatic rings. The summed E-state index contributed by atoms with van der Waals surface area (Å²) >= 11 is 1.48. The highest BCUT2D eigenvalue weighted by Crippen LogP contribution is 2.26. The normalized spacial score (nSPS) is 19.6. The van der Waals surface area contributed by atoms with Gasteiger partial charge in [0.25, 0.3) is 5.91 Å². The molecule has 2 aromatic heterocycles. The van der Waals surface area contributed by atoms with Crippen LogP contribution in [0, 0.1) is 13.8 Å². The summed E-state index contributed by atoms with van der Waals surface area (Å²) in [4.78, 5) is 26.6. The van der Waals surface area contributed by atoms with Gasteiger partial charge in [-0.3, -0.25) is 9.69 Å². The molecule has 0 saturated carbocycles. The number of rotatable bonds is 2. The molecular weight excluding hydrogens is 298 g/mol. The van der Waals surface area contributed by atoms with Gasteiger partial charge in [0, 0.05) is 39.1 Å². The lowest BCUT2D eigenvalue weighted by molar-refractivity contribution is 0.0532. The summed E-state index contributed by atoms with van der Waals surface area (Å²) in [5.74, 6) is 1.09. The van der Waals surface area contributed by atoms with E-state index in [2.05, 4.69) is 21.9 Å². The minimum absolute atomic E-state index is 0.0930. The zero-order valence-corrected chi connectivity index (χ0v) is 14.2. The zero-order chi connectivity index (χ0) is 15.9. The number of aromatic nitrogens is 3. The van der Waals surface area contributed by atoms with E-state index in [0.29, 0.717) is 6.54 Å². The number of likely N-dealkylation sites (N-methyl/N-ethyl adjacent to an activating group) is 1. The predicted molar refractivity (Wildman–Crippen MR) is 86.1 cm³/mol. The minimum Gasteiger partial charge on any atom is -0.337 e. The Balaban J connectivity index is 1.83. The summed E-state index contributed by atoms with van der Waals surface area (Å²) in [5.41, 5.74) is 0.833. The average Bonchev–Trinajstić information content (AvgIpc) is 3.04. The summed E-state index contributed by atoms with van der Waals surface area (Å²) in [6, 6.07) is 0.132. The van der Waals surface area contributed by atoms with E-state index in [4.69, 9.17) is 0 Å². The highest BCUT2D eigenvalue weighted by atomic mass is 32.1. The Morgan fingerprint density at radius 3 is 2.68 bits per heavy atom. The molecule has 1 saturated heterocycles. The highest BCUT2D eigenvalue weighted by molar-refractivity contribution is 7.13. The van der Waals surface area contributed by atoms with Crippen LogP contribution in [0.4, 0.5) is 0 Å². The molecule has 1 amide bonds. The maximum Gasteiger partial charge on any atom is 0.265 e. The third-order valence-electron chi connectivity index (χ3n) is 4.19. The van der Waals surface area contributed by atoms with Crippen LogP contribution in [-0.4, -0.2) is 56.9 Å². The first-order chi connectivity index (χ1) is 10.5. The first kappa shape index (κ1) is 15.2. The van der Waals surface area contributed by atoms with Crippen molar-refractivity contribution >= 4 is 17.2 Å². The van der Waals surface area contributed by atoms with E-state index in [9.17, 15) is 4.79 Å². The van der Waals surface area contributed by atoms with Gasteiger partial charge in [-0.15, -0.1) is 11.3 Å². The molecule has 0 unspecified atom stereocenters. The molecule has 6 nitrogen and oxygen atoms in total. The Kier molecular flexibility index (Phi) is 4.01. The molecule has 0 aromatic carbocycles. The standard InChI is InChI=1S/C15H21N5OS/c1-10-13(22-11(2)17-10)15(21)20-8-7-18(3)12(9-20)14-16-5-6-19(14)4/h5-6,12H,7-9H2,1-4H3/t12-/m0/s1. The monoisotopic (exact) mass is 319 g/mol. The van der Waals surface area contributed by atoms with Crippen molar-refractivity contribution in [2.75, 3.05) is 26.7 Å². The Bertz CT molecular complexity index is 692. The largest absolute Gasteiger partial charge is 0.337 e. The van der Waals surface area contributed by atoms with Gasteiger partial charge in [0.05, 0.1) is 16.7 Å². The van der Waals surface area contributed by atoms with Crippen LogP contribution in [0.2, 0.25) is 0 Å². The topological polar surface area (TPSA) is 54.3 Å². The molecule has 118 valence electrons. The Hall–Kier alpha value is -1.73. The Labute approximate surface area is 134 Å². The number of carbonyl (C=O) groups excluding carboxylic acids is 1. The number of thiazole rings is 1. The van der Waals surface area contributed by atoms with Crippen LogP contribution >= 0.6 is 11.3 Å². The molecule has 0 radical (unpaired) electrons. The number of amides is 1. The fourth-order valence-electron chi connectivity index (χ4n) is 2.91. The molecule has 0 aliphatic carbocycles. The zero-order valence-electron chi connectivity index (χ0n) is 13.4. The van der Waals surface area contributed by atoms with Gasteiger partial charge in [0.2, 0.25) is 0 Å². The van der Waals surface area contributed by atoms with Crippen molar-refractivity contribution in [3.63, 3.8) is 0 Å². The van der Waals surface area contributed by atoms with Crippen molar-refractivity contribution in [2.24, 2.45) is 7.05 Å².